The number of aliphatic hydroxyl groups excluding tert-OH is 1. The minimum absolute atomic E-state index is 0. The molecule has 0 bridgehead atoms. The molecule has 1 aliphatic heterocycles. The van der Waals surface area contributed by atoms with E-state index in [4.69, 9.17) is 9.47 Å². The number of methoxy groups -OCH3 is 1. The Morgan fingerprint density at radius 2 is 1.70 bits per heavy atom. The fraction of sp³-hybridized carbons (Fsp3) is 0.519. The topological polar surface area (TPSA) is 59.0 Å². The first-order valence-electron chi connectivity index (χ1n) is 11.7. The Kier molecular flexibility index (Phi) is 10.7. The number of benzene rings is 2. The van der Waals surface area contributed by atoms with E-state index in [-0.39, 0.29) is 24.8 Å². The van der Waals surface area contributed by atoms with Crippen LogP contribution in [-0.4, -0.2) is 55.2 Å². The van der Waals surface area contributed by atoms with E-state index in [9.17, 15) is 9.90 Å². The molecule has 1 N–H and O–H groups in total. The van der Waals surface area contributed by atoms with Crippen LogP contribution in [0.15, 0.2) is 30.3 Å². The first-order chi connectivity index (χ1) is 15.4. The standard InChI is InChI=1S/C27H37NO4.ClH/c1-19-14-20(2)27(21(3)15-19)24(30)10-8-22-9-11-25(31-4)26(16-22)32-18-23(29)17-28-12-6-5-7-13-28;/h9,11,14-16,23,29H,5-8,10,12-13,17-18H2,1-4H3;1H. The van der Waals surface area contributed by atoms with Gasteiger partial charge in [0, 0.05) is 18.5 Å². The number of Topliss-reactive ketones (excluding diaryl/α,β-unsaturated/α-hetero) is 1. The number of rotatable bonds is 10. The van der Waals surface area contributed by atoms with E-state index < -0.39 is 6.10 Å². The van der Waals surface area contributed by atoms with Crippen molar-refractivity contribution in [3.05, 3.63) is 58.1 Å². The predicted molar refractivity (Wildman–Crippen MR) is 135 cm³/mol. The van der Waals surface area contributed by atoms with Crippen molar-refractivity contribution in [2.75, 3.05) is 33.4 Å². The van der Waals surface area contributed by atoms with Crippen LogP contribution >= 0.6 is 12.4 Å². The number of aryl methyl sites for hydroxylation is 4. The molecule has 0 amide bonds. The highest BCUT2D eigenvalue weighted by Gasteiger charge is 2.17. The second-order valence-electron chi connectivity index (χ2n) is 9.01. The molecule has 1 fully saturated rings. The number of β-amino-alcohol motifs (C(OH)–C–C–N with tert-alkyl or cyclic N) is 1. The lowest BCUT2D eigenvalue weighted by Gasteiger charge is -2.28. The summed E-state index contributed by atoms with van der Waals surface area (Å²) in [5.74, 6) is 1.41. The number of piperidine rings is 1. The van der Waals surface area contributed by atoms with Gasteiger partial charge in [-0.05, 0) is 81.9 Å². The molecule has 5 nitrogen and oxygen atoms in total. The number of aliphatic hydroxyl groups is 1. The van der Waals surface area contributed by atoms with Gasteiger partial charge in [-0.3, -0.25) is 4.79 Å². The Labute approximate surface area is 204 Å². The summed E-state index contributed by atoms with van der Waals surface area (Å²) < 4.78 is 11.4. The lowest BCUT2D eigenvalue weighted by Crippen LogP contribution is -2.38. The fourth-order valence-electron chi connectivity index (χ4n) is 4.67. The van der Waals surface area contributed by atoms with Gasteiger partial charge in [0.05, 0.1) is 7.11 Å². The highest BCUT2D eigenvalue weighted by molar-refractivity contribution is 5.99. The lowest BCUT2D eigenvalue weighted by molar-refractivity contribution is 0.0608. The molecular weight excluding hydrogens is 438 g/mol. The van der Waals surface area contributed by atoms with E-state index in [1.165, 1.54) is 24.8 Å². The molecule has 1 unspecified atom stereocenters. The Bertz CT molecular complexity index is 901. The summed E-state index contributed by atoms with van der Waals surface area (Å²) in [6.07, 6.45) is 4.19. The van der Waals surface area contributed by atoms with Crippen LogP contribution in [-0.2, 0) is 6.42 Å². The molecule has 182 valence electrons. The highest BCUT2D eigenvalue weighted by atomic mass is 35.5. The quantitative estimate of drug-likeness (QED) is 0.485. The summed E-state index contributed by atoms with van der Waals surface area (Å²) in [5.41, 5.74) is 5.10. The normalized spacial score (nSPS) is 14.9. The number of likely N-dealkylation sites (tertiary alicyclic amines) is 1. The van der Waals surface area contributed by atoms with Crippen molar-refractivity contribution in [1.82, 2.24) is 4.90 Å². The summed E-state index contributed by atoms with van der Waals surface area (Å²) in [4.78, 5) is 15.2. The van der Waals surface area contributed by atoms with Gasteiger partial charge in [-0.25, -0.2) is 0 Å². The molecule has 0 aliphatic carbocycles. The summed E-state index contributed by atoms with van der Waals surface area (Å²) >= 11 is 0. The zero-order chi connectivity index (χ0) is 23.1. The van der Waals surface area contributed by atoms with Crippen LogP contribution in [0, 0.1) is 20.8 Å². The summed E-state index contributed by atoms with van der Waals surface area (Å²) in [5, 5.41) is 10.4. The molecule has 3 rings (SSSR count). The van der Waals surface area contributed by atoms with Crippen molar-refractivity contribution in [3.8, 4) is 11.5 Å². The first-order valence-corrected chi connectivity index (χ1v) is 11.7. The van der Waals surface area contributed by atoms with Crippen LogP contribution in [0.4, 0.5) is 0 Å². The largest absolute Gasteiger partial charge is 0.493 e. The van der Waals surface area contributed by atoms with Crippen molar-refractivity contribution in [3.63, 3.8) is 0 Å². The number of nitrogens with zero attached hydrogens (tertiary/aromatic N) is 1. The molecule has 2 aromatic carbocycles. The molecular formula is C27H38ClNO4. The number of halogens is 1. The summed E-state index contributed by atoms with van der Waals surface area (Å²) in [6.45, 7) is 9.00. The van der Waals surface area contributed by atoms with Crippen LogP contribution < -0.4 is 9.47 Å². The van der Waals surface area contributed by atoms with E-state index >= 15 is 0 Å². The van der Waals surface area contributed by atoms with Gasteiger partial charge in [0.25, 0.3) is 0 Å². The maximum atomic E-state index is 12.9. The minimum Gasteiger partial charge on any atom is -0.493 e. The summed E-state index contributed by atoms with van der Waals surface area (Å²) in [6, 6.07) is 9.89. The Morgan fingerprint density at radius 1 is 1.03 bits per heavy atom. The maximum Gasteiger partial charge on any atom is 0.163 e. The zero-order valence-corrected chi connectivity index (χ0v) is 21.2. The number of ketones is 1. The van der Waals surface area contributed by atoms with Crippen molar-refractivity contribution in [2.45, 2.75) is 59.0 Å². The van der Waals surface area contributed by atoms with Crippen LogP contribution in [0.25, 0.3) is 0 Å². The average Bonchev–Trinajstić information content (AvgIpc) is 2.76. The molecule has 1 aliphatic rings. The van der Waals surface area contributed by atoms with E-state index in [1.54, 1.807) is 7.11 Å². The van der Waals surface area contributed by atoms with Gasteiger partial charge in [0.15, 0.2) is 17.3 Å². The van der Waals surface area contributed by atoms with Gasteiger partial charge in [-0.1, -0.05) is 30.2 Å². The van der Waals surface area contributed by atoms with Crippen molar-refractivity contribution in [1.29, 1.82) is 0 Å². The molecule has 0 spiro atoms. The molecule has 0 radical (unpaired) electrons. The lowest BCUT2D eigenvalue weighted by atomic mass is 9.93. The molecule has 1 saturated heterocycles. The first kappa shape index (κ1) is 27.2. The second-order valence-corrected chi connectivity index (χ2v) is 9.01. The van der Waals surface area contributed by atoms with Crippen molar-refractivity contribution >= 4 is 18.2 Å². The fourth-order valence-corrected chi connectivity index (χ4v) is 4.67. The Morgan fingerprint density at radius 3 is 2.33 bits per heavy atom. The van der Waals surface area contributed by atoms with Crippen LogP contribution in [0.3, 0.4) is 0 Å². The van der Waals surface area contributed by atoms with Gasteiger partial charge < -0.3 is 19.5 Å². The van der Waals surface area contributed by atoms with E-state index in [0.29, 0.717) is 30.9 Å². The third-order valence-electron chi connectivity index (χ3n) is 6.17. The molecule has 1 heterocycles. The number of ether oxygens (including phenoxy) is 2. The van der Waals surface area contributed by atoms with Gasteiger partial charge in [0.2, 0.25) is 0 Å². The highest BCUT2D eigenvalue weighted by Crippen LogP contribution is 2.29. The predicted octanol–water partition coefficient (Wildman–Crippen LogP) is 5.08. The molecule has 0 saturated carbocycles. The SMILES string of the molecule is COc1ccc(CCC(=O)c2c(C)cc(C)cc2C)cc1OCC(O)CN1CCCCC1.Cl. The van der Waals surface area contributed by atoms with Crippen molar-refractivity contribution < 1.29 is 19.4 Å². The minimum atomic E-state index is -0.546. The van der Waals surface area contributed by atoms with Gasteiger partial charge in [0.1, 0.15) is 12.7 Å². The average molecular weight is 476 g/mol. The van der Waals surface area contributed by atoms with Gasteiger partial charge in [-0.15, -0.1) is 12.4 Å². The number of hydrogen-bond acceptors (Lipinski definition) is 5. The molecule has 33 heavy (non-hydrogen) atoms. The zero-order valence-electron chi connectivity index (χ0n) is 20.4. The molecule has 1 atom stereocenters. The third kappa shape index (κ3) is 7.73. The van der Waals surface area contributed by atoms with Crippen LogP contribution in [0.2, 0.25) is 0 Å². The number of carbonyl (C=O) groups is 1. The molecule has 2 aromatic rings. The molecule has 0 aromatic heterocycles. The van der Waals surface area contributed by atoms with Gasteiger partial charge >= 0.3 is 0 Å². The number of carbonyl (C=O) groups excluding carboxylic acids is 1. The van der Waals surface area contributed by atoms with E-state index in [2.05, 4.69) is 24.0 Å². The van der Waals surface area contributed by atoms with E-state index in [1.807, 2.05) is 32.0 Å². The monoisotopic (exact) mass is 475 g/mol. The van der Waals surface area contributed by atoms with Gasteiger partial charge in [-0.2, -0.15) is 0 Å². The second kappa shape index (κ2) is 13.0. The summed E-state index contributed by atoms with van der Waals surface area (Å²) in [7, 11) is 1.61. The van der Waals surface area contributed by atoms with Crippen LogP contribution in [0.1, 0.15) is 58.3 Å². The smallest absolute Gasteiger partial charge is 0.163 e. The van der Waals surface area contributed by atoms with Crippen molar-refractivity contribution in [2.24, 2.45) is 0 Å². The number of hydrogen-bond donors (Lipinski definition) is 1. The molecule has 6 heteroatoms. The van der Waals surface area contributed by atoms with Crippen LogP contribution in [0.5, 0.6) is 11.5 Å². The third-order valence-corrected chi connectivity index (χ3v) is 6.17. The Hall–Kier alpha value is -2.08. The Balaban J connectivity index is 0.00000385. The van der Waals surface area contributed by atoms with E-state index in [0.717, 1.165) is 35.3 Å². The maximum absolute atomic E-state index is 12.9.